The summed E-state index contributed by atoms with van der Waals surface area (Å²) < 4.78 is 11.7. The molecule has 31 heavy (non-hydrogen) atoms. The third kappa shape index (κ3) is 7.08. The summed E-state index contributed by atoms with van der Waals surface area (Å²) in [5, 5.41) is 6.95. The van der Waals surface area contributed by atoms with Crippen LogP contribution in [0.3, 0.4) is 0 Å². The number of hydrogen-bond donors (Lipinski definition) is 2. The van der Waals surface area contributed by atoms with Gasteiger partial charge in [0.25, 0.3) is 0 Å². The molecule has 1 saturated heterocycles. The Kier molecular flexibility index (Phi) is 10.1. The molecule has 170 valence electrons. The Balaban J connectivity index is 0.00000341. The molecular formula is C24H35IN4O2. The van der Waals surface area contributed by atoms with Crippen LogP contribution in [0.5, 0.6) is 11.5 Å². The van der Waals surface area contributed by atoms with Crippen LogP contribution in [0.4, 0.5) is 0 Å². The van der Waals surface area contributed by atoms with E-state index in [4.69, 9.17) is 9.47 Å². The largest absolute Gasteiger partial charge is 0.457 e. The standard InChI is InChI=1S/C24H34N4O2.HI/c1-19-10-11-20(22(16-19)30-21-8-6-5-7-9-21)17-26-23(25-2)27-18-24(28(3)4)12-14-29-15-13-24;/h5-11,16H,12-15,17-18H2,1-4H3,(H2,25,26,27);1H. The minimum atomic E-state index is 0. The van der Waals surface area contributed by atoms with E-state index >= 15 is 0 Å². The van der Waals surface area contributed by atoms with Gasteiger partial charge in [0, 0.05) is 44.5 Å². The molecular weight excluding hydrogens is 503 g/mol. The number of para-hydroxylation sites is 1. The summed E-state index contributed by atoms with van der Waals surface area (Å²) in [6, 6.07) is 16.2. The number of aliphatic imine (C=N–C) groups is 1. The predicted molar refractivity (Wildman–Crippen MR) is 138 cm³/mol. The monoisotopic (exact) mass is 538 g/mol. The van der Waals surface area contributed by atoms with Gasteiger partial charge in [0.05, 0.1) is 0 Å². The van der Waals surface area contributed by atoms with E-state index in [0.717, 1.165) is 55.6 Å². The molecule has 2 aromatic carbocycles. The third-order valence-electron chi connectivity index (χ3n) is 5.82. The average molecular weight is 538 g/mol. The zero-order valence-electron chi connectivity index (χ0n) is 19.0. The van der Waals surface area contributed by atoms with E-state index in [1.807, 2.05) is 30.3 Å². The summed E-state index contributed by atoms with van der Waals surface area (Å²) in [7, 11) is 6.09. The SMILES string of the molecule is CN=C(NCc1ccc(C)cc1Oc1ccccc1)NCC1(N(C)C)CCOCC1.I. The number of likely N-dealkylation sites (N-methyl/N-ethyl adjacent to an activating group) is 1. The highest BCUT2D eigenvalue weighted by molar-refractivity contribution is 14.0. The van der Waals surface area contributed by atoms with Crippen LogP contribution in [0.1, 0.15) is 24.0 Å². The third-order valence-corrected chi connectivity index (χ3v) is 5.82. The van der Waals surface area contributed by atoms with Crippen LogP contribution in [0, 0.1) is 6.92 Å². The van der Waals surface area contributed by atoms with E-state index in [-0.39, 0.29) is 29.5 Å². The lowest BCUT2D eigenvalue weighted by atomic mass is 9.88. The molecule has 3 rings (SSSR count). The highest BCUT2D eigenvalue weighted by Gasteiger charge is 2.34. The number of halogens is 1. The number of hydrogen-bond acceptors (Lipinski definition) is 4. The normalized spacial score (nSPS) is 15.8. The molecule has 0 radical (unpaired) electrons. The van der Waals surface area contributed by atoms with Gasteiger partial charge in [-0.1, -0.05) is 30.3 Å². The number of nitrogens with zero attached hydrogens (tertiary/aromatic N) is 2. The molecule has 2 aromatic rings. The van der Waals surface area contributed by atoms with Crippen LogP contribution in [-0.4, -0.2) is 57.3 Å². The molecule has 1 aliphatic heterocycles. The molecule has 1 fully saturated rings. The molecule has 6 nitrogen and oxygen atoms in total. The number of nitrogens with one attached hydrogen (secondary N) is 2. The molecule has 0 saturated carbocycles. The van der Waals surface area contributed by atoms with Gasteiger partial charge in [0.15, 0.2) is 5.96 Å². The van der Waals surface area contributed by atoms with Gasteiger partial charge >= 0.3 is 0 Å². The second-order valence-electron chi connectivity index (χ2n) is 8.04. The molecule has 0 spiro atoms. The minimum Gasteiger partial charge on any atom is -0.457 e. The fourth-order valence-corrected chi connectivity index (χ4v) is 3.70. The molecule has 0 unspecified atom stereocenters. The van der Waals surface area contributed by atoms with E-state index in [0.29, 0.717) is 6.54 Å². The van der Waals surface area contributed by atoms with E-state index in [1.165, 1.54) is 5.56 Å². The fraction of sp³-hybridized carbons (Fsp3) is 0.458. The first-order chi connectivity index (χ1) is 14.5. The molecule has 0 aromatic heterocycles. The number of rotatable bonds is 7. The van der Waals surface area contributed by atoms with Crippen molar-refractivity contribution in [3.8, 4) is 11.5 Å². The van der Waals surface area contributed by atoms with Gasteiger partial charge in [-0.25, -0.2) is 0 Å². The summed E-state index contributed by atoms with van der Waals surface area (Å²) in [6.07, 6.45) is 2.02. The van der Waals surface area contributed by atoms with Crippen LogP contribution in [0.2, 0.25) is 0 Å². The van der Waals surface area contributed by atoms with Gasteiger partial charge in [-0.2, -0.15) is 0 Å². The Morgan fingerprint density at radius 3 is 2.45 bits per heavy atom. The van der Waals surface area contributed by atoms with Crippen LogP contribution >= 0.6 is 24.0 Å². The maximum absolute atomic E-state index is 6.14. The summed E-state index contributed by atoms with van der Waals surface area (Å²) in [6.45, 7) is 5.12. The zero-order valence-corrected chi connectivity index (χ0v) is 21.3. The Bertz CT molecular complexity index is 837. The average Bonchev–Trinajstić information content (AvgIpc) is 2.76. The van der Waals surface area contributed by atoms with Crippen molar-refractivity contribution < 1.29 is 9.47 Å². The van der Waals surface area contributed by atoms with Gasteiger partial charge in [-0.15, -0.1) is 24.0 Å². The highest BCUT2D eigenvalue weighted by Crippen LogP contribution is 2.27. The van der Waals surface area contributed by atoms with Crippen molar-refractivity contribution in [2.24, 2.45) is 4.99 Å². The quantitative estimate of drug-likeness (QED) is 0.315. The first kappa shape index (κ1) is 25.4. The molecule has 1 aliphatic rings. The molecule has 0 aliphatic carbocycles. The predicted octanol–water partition coefficient (Wildman–Crippen LogP) is 4.18. The summed E-state index contributed by atoms with van der Waals surface area (Å²) in [5.74, 6) is 2.48. The van der Waals surface area contributed by atoms with Gasteiger partial charge in [-0.3, -0.25) is 4.99 Å². The van der Waals surface area contributed by atoms with Crippen molar-refractivity contribution in [3.63, 3.8) is 0 Å². The summed E-state index contributed by atoms with van der Waals surface area (Å²) >= 11 is 0. The van der Waals surface area contributed by atoms with E-state index in [9.17, 15) is 0 Å². The van der Waals surface area contributed by atoms with E-state index < -0.39 is 0 Å². The van der Waals surface area contributed by atoms with Crippen LogP contribution in [0.25, 0.3) is 0 Å². The lowest BCUT2D eigenvalue weighted by molar-refractivity contribution is -0.00501. The van der Waals surface area contributed by atoms with Crippen molar-refractivity contribution in [2.75, 3.05) is 40.9 Å². The number of ether oxygens (including phenoxy) is 2. The first-order valence-corrected chi connectivity index (χ1v) is 10.5. The molecule has 7 heteroatoms. The van der Waals surface area contributed by atoms with Crippen molar-refractivity contribution in [1.29, 1.82) is 0 Å². The first-order valence-electron chi connectivity index (χ1n) is 10.5. The Labute approximate surface area is 203 Å². The minimum absolute atomic E-state index is 0. The summed E-state index contributed by atoms with van der Waals surface area (Å²) in [5.41, 5.74) is 2.34. The van der Waals surface area contributed by atoms with Crippen LogP contribution < -0.4 is 15.4 Å². The van der Waals surface area contributed by atoms with Crippen LogP contribution in [0.15, 0.2) is 53.5 Å². The molecule has 0 atom stereocenters. The van der Waals surface area contributed by atoms with E-state index in [1.54, 1.807) is 7.05 Å². The Morgan fingerprint density at radius 2 is 1.81 bits per heavy atom. The van der Waals surface area contributed by atoms with Crippen molar-refractivity contribution >= 4 is 29.9 Å². The maximum Gasteiger partial charge on any atom is 0.191 e. The van der Waals surface area contributed by atoms with Gasteiger partial charge < -0.3 is 25.0 Å². The molecule has 0 bridgehead atoms. The smallest absolute Gasteiger partial charge is 0.191 e. The number of aryl methyl sites for hydroxylation is 1. The Morgan fingerprint density at radius 1 is 1.10 bits per heavy atom. The van der Waals surface area contributed by atoms with Crippen molar-refractivity contribution in [2.45, 2.75) is 31.8 Å². The topological polar surface area (TPSA) is 58.1 Å². The van der Waals surface area contributed by atoms with Crippen molar-refractivity contribution in [3.05, 3.63) is 59.7 Å². The fourth-order valence-electron chi connectivity index (χ4n) is 3.70. The van der Waals surface area contributed by atoms with Crippen molar-refractivity contribution in [1.82, 2.24) is 15.5 Å². The van der Waals surface area contributed by atoms with Gasteiger partial charge in [0.1, 0.15) is 11.5 Å². The highest BCUT2D eigenvalue weighted by atomic mass is 127. The molecule has 1 heterocycles. The van der Waals surface area contributed by atoms with Crippen LogP contribution in [-0.2, 0) is 11.3 Å². The molecule has 2 N–H and O–H groups in total. The second-order valence-corrected chi connectivity index (χ2v) is 8.04. The molecule has 0 amide bonds. The lowest BCUT2D eigenvalue weighted by Crippen LogP contribution is -2.57. The maximum atomic E-state index is 6.14. The second kappa shape index (κ2) is 12.3. The summed E-state index contributed by atoms with van der Waals surface area (Å²) in [4.78, 5) is 6.72. The number of guanidine groups is 1. The van der Waals surface area contributed by atoms with E-state index in [2.05, 4.69) is 59.7 Å². The number of benzene rings is 2. The zero-order chi connectivity index (χ0) is 21.4. The Hall–Kier alpha value is -1.84. The lowest BCUT2D eigenvalue weighted by Gasteiger charge is -2.43. The van der Waals surface area contributed by atoms with Gasteiger partial charge in [0.2, 0.25) is 0 Å². The van der Waals surface area contributed by atoms with Gasteiger partial charge in [-0.05, 0) is 57.6 Å².